The van der Waals surface area contributed by atoms with E-state index in [1.807, 2.05) is 0 Å². The number of benzene rings is 1. The zero-order valence-corrected chi connectivity index (χ0v) is 10.8. The third-order valence-corrected chi connectivity index (χ3v) is 3.41. The SMILES string of the molecule is C=CC(=O)NC(C)(CS(=O)(=O)O)c1ccccc1.[NaH]. The molecule has 1 aromatic carbocycles. The second-order valence-corrected chi connectivity index (χ2v) is 5.57. The van der Waals surface area contributed by atoms with Crippen LogP contribution in [0.25, 0.3) is 0 Å². The molecule has 0 heterocycles. The summed E-state index contributed by atoms with van der Waals surface area (Å²) in [5.74, 6) is -1.12. The molecule has 0 aromatic heterocycles. The van der Waals surface area contributed by atoms with E-state index in [1.54, 1.807) is 30.3 Å². The average Bonchev–Trinajstić information content (AvgIpc) is 2.27. The van der Waals surface area contributed by atoms with Gasteiger partial charge in [-0.1, -0.05) is 36.9 Å². The molecule has 0 aliphatic heterocycles. The molecule has 0 saturated carbocycles. The predicted octanol–water partition coefficient (Wildman–Crippen LogP) is 0.443. The van der Waals surface area contributed by atoms with Crippen LogP contribution in [0.3, 0.4) is 0 Å². The van der Waals surface area contributed by atoms with Gasteiger partial charge in [-0.25, -0.2) is 0 Å². The molecule has 1 unspecified atom stereocenters. The Morgan fingerprint density at radius 3 is 2.37 bits per heavy atom. The van der Waals surface area contributed by atoms with Crippen molar-refractivity contribution in [2.75, 3.05) is 5.75 Å². The summed E-state index contributed by atoms with van der Waals surface area (Å²) < 4.78 is 31.1. The molecule has 1 amide bonds. The summed E-state index contributed by atoms with van der Waals surface area (Å²) >= 11 is 0. The molecule has 0 spiro atoms. The van der Waals surface area contributed by atoms with E-state index in [0.717, 1.165) is 6.08 Å². The standard InChI is InChI=1S/C12H15NO4S.Na.H/c1-3-11(14)13-12(2,9-18(15,16)17)10-7-5-4-6-8-10;;/h3-8H,1,9H2,2H3,(H,13,14)(H,15,16,17);;. The van der Waals surface area contributed by atoms with Crippen LogP contribution in [-0.4, -0.2) is 54.2 Å². The van der Waals surface area contributed by atoms with Gasteiger partial charge in [0.25, 0.3) is 10.1 Å². The van der Waals surface area contributed by atoms with Gasteiger partial charge < -0.3 is 5.32 Å². The van der Waals surface area contributed by atoms with Gasteiger partial charge in [0, 0.05) is 0 Å². The number of carbonyl (C=O) groups excluding carboxylic acids is 1. The molecule has 100 valence electrons. The summed E-state index contributed by atoms with van der Waals surface area (Å²) in [6.07, 6.45) is 1.05. The van der Waals surface area contributed by atoms with E-state index in [1.165, 1.54) is 6.92 Å². The van der Waals surface area contributed by atoms with E-state index < -0.39 is 27.3 Å². The Morgan fingerprint density at radius 1 is 1.42 bits per heavy atom. The molecule has 5 nitrogen and oxygen atoms in total. The Bertz CT molecular complexity index is 544. The van der Waals surface area contributed by atoms with Crippen molar-refractivity contribution in [3.63, 3.8) is 0 Å². The molecule has 0 aliphatic rings. The Balaban J connectivity index is 0.00000324. The fourth-order valence-corrected chi connectivity index (χ4v) is 2.65. The molecule has 0 bridgehead atoms. The van der Waals surface area contributed by atoms with Gasteiger partial charge in [0.1, 0.15) is 5.75 Å². The number of amides is 1. The van der Waals surface area contributed by atoms with Gasteiger partial charge in [-0.05, 0) is 18.6 Å². The average molecular weight is 293 g/mol. The summed E-state index contributed by atoms with van der Waals surface area (Å²) in [7, 11) is -4.23. The van der Waals surface area contributed by atoms with E-state index >= 15 is 0 Å². The van der Waals surface area contributed by atoms with Crippen LogP contribution >= 0.6 is 0 Å². The predicted molar refractivity (Wildman–Crippen MR) is 75.7 cm³/mol. The van der Waals surface area contributed by atoms with Gasteiger partial charge in [0.05, 0.1) is 5.54 Å². The first-order valence-corrected chi connectivity index (χ1v) is 6.83. The van der Waals surface area contributed by atoms with Crippen LogP contribution in [-0.2, 0) is 20.5 Å². The third kappa shape index (κ3) is 5.88. The fourth-order valence-electron chi connectivity index (χ4n) is 1.69. The van der Waals surface area contributed by atoms with Crippen molar-refractivity contribution < 1.29 is 17.8 Å². The minimum absolute atomic E-state index is 0. The molecular weight excluding hydrogens is 277 g/mol. The summed E-state index contributed by atoms with van der Waals surface area (Å²) in [5, 5.41) is 2.52. The van der Waals surface area contributed by atoms with Crippen LogP contribution in [0.1, 0.15) is 12.5 Å². The van der Waals surface area contributed by atoms with Crippen molar-refractivity contribution in [1.29, 1.82) is 0 Å². The molecule has 2 N–H and O–H groups in total. The van der Waals surface area contributed by atoms with Gasteiger partial charge in [-0.2, -0.15) is 8.42 Å². The minimum atomic E-state index is -4.23. The summed E-state index contributed by atoms with van der Waals surface area (Å²) in [4.78, 5) is 11.4. The topological polar surface area (TPSA) is 83.5 Å². The number of hydrogen-bond donors (Lipinski definition) is 2. The zero-order valence-electron chi connectivity index (χ0n) is 9.96. The van der Waals surface area contributed by atoms with Crippen LogP contribution in [0.4, 0.5) is 0 Å². The van der Waals surface area contributed by atoms with Gasteiger partial charge in [0.2, 0.25) is 5.91 Å². The normalized spacial score (nSPS) is 13.8. The number of carbonyl (C=O) groups is 1. The van der Waals surface area contributed by atoms with E-state index in [4.69, 9.17) is 4.55 Å². The van der Waals surface area contributed by atoms with Crippen molar-refractivity contribution in [3.8, 4) is 0 Å². The molecule has 0 saturated heterocycles. The van der Waals surface area contributed by atoms with Crippen LogP contribution < -0.4 is 5.32 Å². The summed E-state index contributed by atoms with van der Waals surface area (Å²) in [5.41, 5.74) is -0.627. The van der Waals surface area contributed by atoms with E-state index in [0.29, 0.717) is 5.56 Å². The van der Waals surface area contributed by atoms with Crippen LogP contribution in [0.15, 0.2) is 43.0 Å². The monoisotopic (exact) mass is 293 g/mol. The molecule has 0 radical (unpaired) electrons. The maximum absolute atomic E-state index is 11.4. The van der Waals surface area contributed by atoms with Gasteiger partial charge in [0.15, 0.2) is 0 Å². The Labute approximate surface area is 135 Å². The first-order chi connectivity index (χ1) is 8.27. The van der Waals surface area contributed by atoms with Crippen molar-refractivity contribution in [2.24, 2.45) is 0 Å². The van der Waals surface area contributed by atoms with Crippen LogP contribution in [0.5, 0.6) is 0 Å². The van der Waals surface area contributed by atoms with Gasteiger partial charge in [-0.3, -0.25) is 9.35 Å². The Kier molecular flexibility index (Phi) is 6.96. The third-order valence-electron chi connectivity index (χ3n) is 2.47. The Morgan fingerprint density at radius 2 is 1.95 bits per heavy atom. The fraction of sp³-hybridized carbons (Fsp3) is 0.250. The van der Waals surface area contributed by atoms with Crippen molar-refractivity contribution in [2.45, 2.75) is 12.5 Å². The number of hydrogen-bond acceptors (Lipinski definition) is 3. The molecule has 1 rings (SSSR count). The van der Waals surface area contributed by atoms with Crippen LogP contribution in [0.2, 0.25) is 0 Å². The maximum atomic E-state index is 11.4. The zero-order chi connectivity index (χ0) is 13.8. The van der Waals surface area contributed by atoms with E-state index in [-0.39, 0.29) is 29.6 Å². The molecule has 7 heteroatoms. The molecule has 0 fully saturated rings. The van der Waals surface area contributed by atoms with Crippen molar-refractivity contribution in [1.82, 2.24) is 5.32 Å². The molecular formula is C12H16NNaO4S. The van der Waals surface area contributed by atoms with Gasteiger partial charge >= 0.3 is 29.6 Å². The molecule has 0 aliphatic carbocycles. The van der Waals surface area contributed by atoms with E-state index in [9.17, 15) is 13.2 Å². The quantitative estimate of drug-likeness (QED) is 0.469. The number of rotatable bonds is 5. The molecule has 1 aromatic rings. The Hall–Kier alpha value is -0.660. The second kappa shape index (κ2) is 7.21. The molecule has 19 heavy (non-hydrogen) atoms. The van der Waals surface area contributed by atoms with Gasteiger partial charge in [-0.15, -0.1) is 0 Å². The second-order valence-electron chi connectivity index (χ2n) is 4.12. The first kappa shape index (κ1) is 18.3. The van der Waals surface area contributed by atoms with Crippen LogP contribution in [0, 0.1) is 0 Å². The van der Waals surface area contributed by atoms with E-state index in [2.05, 4.69) is 11.9 Å². The number of nitrogens with one attached hydrogen (secondary N) is 1. The van der Waals surface area contributed by atoms with Crippen molar-refractivity contribution in [3.05, 3.63) is 48.6 Å². The van der Waals surface area contributed by atoms with Crippen molar-refractivity contribution >= 4 is 45.6 Å². The summed E-state index contributed by atoms with van der Waals surface area (Å²) in [6, 6.07) is 8.56. The molecule has 1 atom stereocenters. The first-order valence-electron chi connectivity index (χ1n) is 5.22. The summed E-state index contributed by atoms with van der Waals surface area (Å²) in [6.45, 7) is 4.84.